The number of ether oxygens (including phenoxy) is 1. The molecule has 0 unspecified atom stereocenters. The number of phenolic OH excluding ortho intramolecular Hbond substituents is 1. The number of anilines is 1. The fourth-order valence-electron chi connectivity index (χ4n) is 1.75. The summed E-state index contributed by atoms with van der Waals surface area (Å²) in [6.45, 7) is 0. The van der Waals surface area contributed by atoms with Crippen molar-refractivity contribution in [2.24, 2.45) is 0 Å². The molecule has 0 saturated heterocycles. The molecule has 0 spiro atoms. The van der Waals surface area contributed by atoms with E-state index in [0.717, 1.165) is 16.9 Å². The number of phenols is 1. The first-order valence-electron chi connectivity index (χ1n) is 5.39. The summed E-state index contributed by atoms with van der Waals surface area (Å²) in [4.78, 5) is 0. The summed E-state index contributed by atoms with van der Waals surface area (Å²) < 4.78 is 5.10. The largest absolute Gasteiger partial charge is 0.508 e. The molecule has 0 heterocycles. The maximum atomic E-state index is 9.39. The Morgan fingerprint density at radius 2 is 2.00 bits per heavy atom. The molecule has 0 radical (unpaired) electrons. The molecule has 2 rings (SSSR count). The Balaban J connectivity index is 2.24. The minimum Gasteiger partial charge on any atom is -0.508 e. The van der Waals surface area contributed by atoms with Crippen LogP contribution in [0.5, 0.6) is 11.5 Å². The van der Waals surface area contributed by atoms with Crippen LogP contribution >= 0.6 is 0 Å². The van der Waals surface area contributed by atoms with Gasteiger partial charge in [-0.15, -0.1) is 0 Å². The first kappa shape index (κ1) is 11.3. The Morgan fingerprint density at radius 1 is 1.18 bits per heavy atom. The van der Waals surface area contributed by atoms with Crippen molar-refractivity contribution < 1.29 is 9.84 Å². The van der Waals surface area contributed by atoms with E-state index in [1.807, 2.05) is 24.3 Å². The molecule has 2 aromatic carbocycles. The molecule has 17 heavy (non-hydrogen) atoms. The van der Waals surface area contributed by atoms with Crippen LogP contribution in [0.1, 0.15) is 11.1 Å². The number of methoxy groups -OCH3 is 1. The number of hydrogen-bond acceptors (Lipinski definition) is 3. The van der Waals surface area contributed by atoms with Crippen LogP contribution in [0.3, 0.4) is 0 Å². The van der Waals surface area contributed by atoms with E-state index >= 15 is 0 Å². The Morgan fingerprint density at radius 3 is 2.65 bits per heavy atom. The number of nitrogen functional groups attached to an aromatic ring is 1. The van der Waals surface area contributed by atoms with Gasteiger partial charge in [-0.25, -0.2) is 0 Å². The normalized spacial score (nSPS) is 10.2. The van der Waals surface area contributed by atoms with Crippen molar-refractivity contribution in [1.29, 1.82) is 0 Å². The van der Waals surface area contributed by atoms with Crippen molar-refractivity contribution in [3.05, 3.63) is 53.6 Å². The Labute approximate surface area is 100 Å². The van der Waals surface area contributed by atoms with E-state index in [2.05, 4.69) is 0 Å². The van der Waals surface area contributed by atoms with Gasteiger partial charge in [0.05, 0.1) is 7.11 Å². The van der Waals surface area contributed by atoms with E-state index in [0.29, 0.717) is 12.1 Å². The van der Waals surface area contributed by atoms with Crippen LogP contribution in [0.25, 0.3) is 0 Å². The van der Waals surface area contributed by atoms with E-state index in [1.54, 1.807) is 25.3 Å². The van der Waals surface area contributed by atoms with Crippen LogP contribution in [0.4, 0.5) is 5.69 Å². The average molecular weight is 229 g/mol. The van der Waals surface area contributed by atoms with Gasteiger partial charge in [0.15, 0.2) is 0 Å². The number of hydrogen-bond donors (Lipinski definition) is 2. The molecule has 0 saturated carbocycles. The van der Waals surface area contributed by atoms with Gasteiger partial charge in [0.25, 0.3) is 0 Å². The zero-order valence-corrected chi connectivity index (χ0v) is 9.68. The van der Waals surface area contributed by atoms with Crippen molar-refractivity contribution in [3.8, 4) is 11.5 Å². The van der Waals surface area contributed by atoms with Crippen LogP contribution in [-0.4, -0.2) is 12.2 Å². The molecule has 3 nitrogen and oxygen atoms in total. The predicted octanol–water partition coefficient (Wildman–Crippen LogP) is 2.57. The van der Waals surface area contributed by atoms with Crippen LogP contribution in [0.2, 0.25) is 0 Å². The second-order valence-corrected chi connectivity index (χ2v) is 3.91. The summed E-state index contributed by atoms with van der Waals surface area (Å²) in [5.74, 6) is 1.02. The summed E-state index contributed by atoms with van der Waals surface area (Å²) in [6, 6.07) is 12.8. The SMILES string of the molecule is COc1ccc(Cc2cccc(O)c2)c(N)c1. The molecular formula is C14H15NO2. The minimum atomic E-state index is 0.273. The Hall–Kier alpha value is -2.16. The van der Waals surface area contributed by atoms with E-state index in [9.17, 15) is 5.11 Å². The highest BCUT2D eigenvalue weighted by Gasteiger charge is 2.03. The molecule has 2 aromatic rings. The summed E-state index contributed by atoms with van der Waals surface area (Å²) >= 11 is 0. The lowest BCUT2D eigenvalue weighted by Crippen LogP contribution is -1.96. The zero-order valence-electron chi connectivity index (χ0n) is 9.68. The van der Waals surface area contributed by atoms with Gasteiger partial charge in [0.2, 0.25) is 0 Å². The van der Waals surface area contributed by atoms with Gasteiger partial charge in [-0.1, -0.05) is 18.2 Å². The highest BCUT2D eigenvalue weighted by molar-refractivity contribution is 5.53. The molecular weight excluding hydrogens is 214 g/mol. The topological polar surface area (TPSA) is 55.5 Å². The summed E-state index contributed by atoms with van der Waals surface area (Å²) in [5.41, 5.74) is 8.70. The van der Waals surface area contributed by atoms with Crippen LogP contribution in [-0.2, 0) is 6.42 Å². The van der Waals surface area contributed by atoms with Gasteiger partial charge in [0, 0.05) is 11.8 Å². The summed E-state index contributed by atoms with van der Waals surface area (Å²) in [5, 5.41) is 9.39. The molecule has 0 aromatic heterocycles. The van der Waals surface area contributed by atoms with Gasteiger partial charge in [0.1, 0.15) is 11.5 Å². The third-order valence-corrected chi connectivity index (χ3v) is 2.66. The molecule has 0 aliphatic rings. The van der Waals surface area contributed by atoms with Gasteiger partial charge < -0.3 is 15.6 Å². The van der Waals surface area contributed by atoms with Crippen molar-refractivity contribution in [2.75, 3.05) is 12.8 Å². The molecule has 88 valence electrons. The summed E-state index contributed by atoms with van der Waals surface area (Å²) in [6.07, 6.45) is 0.699. The fraction of sp³-hybridized carbons (Fsp3) is 0.143. The standard InChI is InChI=1S/C14H15NO2/c1-17-13-6-5-11(14(15)9-13)7-10-3-2-4-12(16)8-10/h2-6,8-9,16H,7,15H2,1H3. The summed E-state index contributed by atoms with van der Waals surface area (Å²) in [7, 11) is 1.61. The fourth-order valence-corrected chi connectivity index (χ4v) is 1.75. The van der Waals surface area contributed by atoms with Gasteiger partial charge >= 0.3 is 0 Å². The number of nitrogens with two attached hydrogens (primary N) is 1. The molecule has 0 bridgehead atoms. The molecule has 3 N–H and O–H groups in total. The monoisotopic (exact) mass is 229 g/mol. The maximum absolute atomic E-state index is 9.39. The quantitative estimate of drug-likeness (QED) is 0.795. The lowest BCUT2D eigenvalue weighted by Gasteiger charge is -2.08. The minimum absolute atomic E-state index is 0.273. The molecule has 0 amide bonds. The van der Waals surface area contributed by atoms with Crippen LogP contribution in [0.15, 0.2) is 42.5 Å². The molecule has 0 fully saturated rings. The van der Waals surface area contributed by atoms with Crippen molar-refractivity contribution in [2.45, 2.75) is 6.42 Å². The van der Waals surface area contributed by atoms with Crippen molar-refractivity contribution in [1.82, 2.24) is 0 Å². The van der Waals surface area contributed by atoms with E-state index < -0.39 is 0 Å². The van der Waals surface area contributed by atoms with Crippen LogP contribution < -0.4 is 10.5 Å². The molecule has 3 heteroatoms. The second kappa shape index (κ2) is 4.78. The highest BCUT2D eigenvalue weighted by atomic mass is 16.5. The highest BCUT2D eigenvalue weighted by Crippen LogP contribution is 2.23. The first-order valence-corrected chi connectivity index (χ1v) is 5.39. The number of aromatic hydroxyl groups is 1. The second-order valence-electron chi connectivity index (χ2n) is 3.91. The van der Waals surface area contributed by atoms with E-state index in [-0.39, 0.29) is 5.75 Å². The zero-order chi connectivity index (χ0) is 12.3. The Bertz CT molecular complexity index is 523. The molecule has 0 aliphatic carbocycles. The van der Waals surface area contributed by atoms with Crippen molar-refractivity contribution in [3.63, 3.8) is 0 Å². The number of benzene rings is 2. The van der Waals surface area contributed by atoms with Gasteiger partial charge in [-0.2, -0.15) is 0 Å². The number of rotatable bonds is 3. The smallest absolute Gasteiger partial charge is 0.120 e. The Kier molecular flexibility index (Phi) is 3.19. The van der Waals surface area contributed by atoms with Crippen LogP contribution in [0, 0.1) is 0 Å². The van der Waals surface area contributed by atoms with E-state index in [4.69, 9.17) is 10.5 Å². The molecule has 0 aliphatic heterocycles. The van der Waals surface area contributed by atoms with E-state index in [1.165, 1.54) is 0 Å². The predicted molar refractivity (Wildman–Crippen MR) is 68.3 cm³/mol. The third-order valence-electron chi connectivity index (χ3n) is 2.66. The first-order chi connectivity index (χ1) is 8.19. The van der Waals surface area contributed by atoms with Gasteiger partial charge in [-0.05, 0) is 35.7 Å². The average Bonchev–Trinajstić information content (AvgIpc) is 2.32. The van der Waals surface area contributed by atoms with Gasteiger partial charge in [-0.3, -0.25) is 0 Å². The lowest BCUT2D eigenvalue weighted by atomic mass is 10.0. The van der Waals surface area contributed by atoms with Crippen molar-refractivity contribution >= 4 is 5.69 Å². The molecule has 0 atom stereocenters. The lowest BCUT2D eigenvalue weighted by molar-refractivity contribution is 0.415. The maximum Gasteiger partial charge on any atom is 0.120 e. The third kappa shape index (κ3) is 2.69.